The summed E-state index contributed by atoms with van der Waals surface area (Å²) in [5, 5.41) is 10.9. The zero-order valence-electron chi connectivity index (χ0n) is 9.74. The molecule has 0 N–H and O–H groups in total. The molecule has 2 rings (SSSR count). The molecule has 0 aliphatic carbocycles. The van der Waals surface area contributed by atoms with Crippen LogP contribution in [0.25, 0.3) is 0 Å². The van der Waals surface area contributed by atoms with Gasteiger partial charge in [-0.1, -0.05) is 6.58 Å². The standard InChI is InChI=1S/C12H10F3NO3/c1-6-2-11(16(17)18)12(19-5-6)7-3-9(14)10(15)4-8(7)13/h3-4,11-12H,1-2,5H2/t11-,12+/m0/s1. The molecule has 0 spiro atoms. The number of halogens is 3. The lowest BCUT2D eigenvalue weighted by Crippen LogP contribution is -2.35. The molecule has 0 saturated carbocycles. The van der Waals surface area contributed by atoms with E-state index in [1.54, 1.807) is 0 Å². The summed E-state index contributed by atoms with van der Waals surface area (Å²) >= 11 is 0. The Morgan fingerprint density at radius 3 is 2.53 bits per heavy atom. The molecular weight excluding hydrogens is 263 g/mol. The zero-order chi connectivity index (χ0) is 14.2. The third-order valence-electron chi connectivity index (χ3n) is 2.93. The molecule has 19 heavy (non-hydrogen) atoms. The molecule has 0 radical (unpaired) electrons. The van der Waals surface area contributed by atoms with Gasteiger partial charge in [-0.05, 0) is 11.6 Å². The van der Waals surface area contributed by atoms with E-state index in [0.29, 0.717) is 17.7 Å². The molecule has 0 unspecified atom stereocenters. The Balaban J connectivity index is 2.41. The fourth-order valence-electron chi connectivity index (χ4n) is 2.02. The monoisotopic (exact) mass is 273 g/mol. The summed E-state index contributed by atoms with van der Waals surface area (Å²) in [6, 6.07) is -0.311. The summed E-state index contributed by atoms with van der Waals surface area (Å²) in [5.41, 5.74) is 0.147. The highest BCUT2D eigenvalue weighted by molar-refractivity contribution is 5.25. The van der Waals surface area contributed by atoms with Crippen LogP contribution in [0.4, 0.5) is 13.2 Å². The van der Waals surface area contributed by atoms with Crippen molar-refractivity contribution in [2.75, 3.05) is 6.61 Å². The van der Waals surface area contributed by atoms with Crippen molar-refractivity contribution in [3.8, 4) is 0 Å². The van der Waals surface area contributed by atoms with Crippen molar-refractivity contribution in [3.05, 3.63) is 57.4 Å². The van der Waals surface area contributed by atoms with Crippen LogP contribution in [-0.4, -0.2) is 17.6 Å². The highest BCUT2D eigenvalue weighted by Crippen LogP contribution is 2.34. The quantitative estimate of drug-likeness (QED) is 0.360. The van der Waals surface area contributed by atoms with Crippen LogP contribution in [0, 0.1) is 27.6 Å². The Labute approximate surface area is 106 Å². The largest absolute Gasteiger partial charge is 0.362 e. The normalized spacial score (nSPS) is 23.4. The van der Waals surface area contributed by atoms with Crippen molar-refractivity contribution >= 4 is 0 Å². The number of hydrogen-bond acceptors (Lipinski definition) is 3. The first-order valence-electron chi connectivity index (χ1n) is 5.46. The smallest absolute Gasteiger partial charge is 0.246 e. The maximum absolute atomic E-state index is 13.6. The minimum atomic E-state index is -1.35. The van der Waals surface area contributed by atoms with Gasteiger partial charge in [-0.2, -0.15) is 0 Å². The Morgan fingerprint density at radius 1 is 1.26 bits per heavy atom. The first kappa shape index (κ1) is 13.5. The lowest BCUT2D eigenvalue weighted by Gasteiger charge is -2.27. The average molecular weight is 273 g/mol. The van der Waals surface area contributed by atoms with E-state index in [1.807, 2.05) is 0 Å². The molecule has 1 aromatic carbocycles. The zero-order valence-corrected chi connectivity index (χ0v) is 9.74. The van der Waals surface area contributed by atoms with E-state index in [9.17, 15) is 23.3 Å². The molecule has 1 fully saturated rings. The second-order valence-electron chi connectivity index (χ2n) is 4.33. The summed E-state index contributed by atoms with van der Waals surface area (Å²) in [5.74, 6) is -3.69. The molecule has 102 valence electrons. The molecule has 4 nitrogen and oxygen atoms in total. The number of nitrogens with zero attached hydrogens (tertiary/aromatic N) is 1. The van der Waals surface area contributed by atoms with Gasteiger partial charge in [-0.3, -0.25) is 10.1 Å². The number of nitro groups is 1. The minimum absolute atomic E-state index is 0.0100. The first-order chi connectivity index (χ1) is 8.90. The number of ether oxygens (including phenoxy) is 1. The second kappa shape index (κ2) is 5.00. The predicted molar refractivity (Wildman–Crippen MR) is 59.5 cm³/mol. The van der Waals surface area contributed by atoms with Crippen molar-refractivity contribution in [2.45, 2.75) is 18.6 Å². The van der Waals surface area contributed by atoms with E-state index >= 15 is 0 Å². The molecule has 2 atom stereocenters. The van der Waals surface area contributed by atoms with Gasteiger partial charge in [0.25, 0.3) is 0 Å². The third-order valence-corrected chi connectivity index (χ3v) is 2.93. The summed E-state index contributed by atoms with van der Waals surface area (Å²) in [7, 11) is 0. The summed E-state index contributed by atoms with van der Waals surface area (Å²) in [6.45, 7) is 3.59. The second-order valence-corrected chi connectivity index (χ2v) is 4.33. The van der Waals surface area contributed by atoms with Crippen LogP contribution in [-0.2, 0) is 4.74 Å². The van der Waals surface area contributed by atoms with E-state index in [4.69, 9.17) is 4.74 Å². The van der Waals surface area contributed by atoms with Gasteiger partial charge in [0.2, 0.25) is 6.04 Å². The minimum Gasteiger partial charge on any atom is -0.362 e. The highest BCUT2D eigenvalue weighted by atomic mass is 19.2. The van der Waals surface area contributed by atoms with Gasteiger partial charge in [0, 0.05) is 23.0 Å². The lowest BCUT2D eigenvalue weighted by atomic mass is 9.94. The number of hydrogen-bond donors (Lipinski definition) is 0. The van der Waals surface area contributed by atoms with Gasteiger partial charge in [-0.25, -0.2) is 13.2 Å². The number of benzene rings is 1. The van der Waals surface area contributed by atoms with Crippen LogP contribution >= 0.6 is 0 Å². The Hall–Kier alpha value is -1.89. The summed E-state index contributed by atoms with van der Waals surface area (Å²) in [6.07, 6.45) is -1.24. The van der Waals surface area contributed by atoms with Crippen molar-refractivity contribution in [3.63, 3.8) is 0 Å². The topological polar surface area (TPSA) is 52.4 Å². The van der Waals surface area contributed by atoms with E-state index in [-0.39, 0.29) is 18.6 Å². The fourth-order valence-corrected chi connectivity index (χ4v) is 2.02. The van der Waals surface area contributed by atoms with Crippen LogP contribution in [0.2, 0.25) is 0 Å². The molecule has 0 bridgehead atoms. The van der Waals surface area contributed by atoms with Gasteiger partial charge in [0.1, 0.15) is 5.82 Å². The van der Waals surface area contributed by atoms with Gasteiger partial charge in [0.15, 0.2) is 17.7 Å². The van der Waals surface area contributed by atoms with Crippen LogP contribution in [0.15, 0.2) is 24.3 Å². The van der Waals surface area contributed by atoms with E-state index in [1.165, 1.54) is 0 Å². The van der Waals surface area contributed by atoms with Crippen molar-refractivity contribution in [1.29, 1.82) is 0 Å². The Bertz CT molecular complexity index is 547. The maximum atomic E-state index is 13.6. The van der Waals surface area contributed by atoms with Gasteiger partial charge >= 0.3 is 0 Å². The molecule has 1 heterocycles. The molecule has 7 heteroatoms. The van der Waals surface area contributed by atoms with Gasteiger partial charge in [0.05, 0.1) is 6.61 Å². The first-order valence-corrected chi connectivity index (χ1v) is 5.46. The van der Waals surface area contributed by atoms with Crippen LogP contribution in [0.1, 0.15) is 18.1 Å². The molecule has 1 saturated heterocycles. The molecule has 1 aliphatic rings. The fraction of sp³-hybridized carbons (Fsp3) is 0.333. The Kier molecular flexibility index (Phi) is 3.57. The van der Waals surface area contributed by atoms with Crippen LogP contribution in [0.5, 0.6) is 0 Å². The molecule has 0 amide bonds. The van der Waals surface area contributed by atoms with E-state index < -0.39 is 34.5 Å². The van der Waals surface area contributed by atoms with Gasteiger partial charge in [-0.15, -0.1) is 0 Å². The van der Waals surface area contributed by atoms with Crippen molar-refractivity contribution in [2.24, 2.45) is 0 Å². The molecule has 1 aliphatic heterocycles. The maximum Gasteiger partial charge on any atom is 0.246 e. The molecular formula is C12H10F3NO3. The average Bonchev–Trinajstić information content (AvgIpc) is 2.34. The SMILES string of the molecule is C=C1CO[C@H](c2cc(F)c(F)cc2F)[C@@H]([N+](=O)[O-])C1. The molecule has 1 aromatic rings. The van der Waals surface area contributed by atoms with Crippen LogP contribution in [0.3, 0.4) is 0 Å². The predicted octanol–water partition coefficient (Wildman–Crippen LogP) is 2.77. The van der Waals surface area contributed by atoms with Crippen molar-refractivity contribution < 1.29 is 22.8 Å². The molecule has 0 aromatic heterocycles. The summed E-state index contributed by atoms with van der Waals surface area (Å²) in [4.78, 5) is 10.3. The van der Waals surface area contributed by atoms with Gasteiger partial charge < -0.3 is 4.74 Å². The summed E-state index contributed by atoms with van der Waals surface area (Å²) < 4.78 is 44.7. The van der Waals surface area contributed by atoms with Crippen LogP contribution < -0.4 is 0 Å². The lowest BCUT2D eigenvalue weighted by molar-refractivity contribution is -0.539. The van der Waals surface area contributed by atoms with Crippen molar-refractivity contribution in [1.82, 2.24) is 0 Å². The highest BCUT2D eigenvalue weighted by Gasteiger charge is 2.39. The van der Waals surface area contributed by atoms with E-state index in [2.05, 4.69) is 6.58 Å². The number of rotatable bonds is 2. The Morgan fingerprint density at radius 2 is 1.89 bits per heavy atom. The van der Waals surface area contributed by atoms with E-state index in [0.717, 1.165) is 0 Å². The third kappa shape index (κ3) is 2.60.